The molecule has 0 atom stereocenters. The fraction of sp³-hybridized carbons (Fsp3) is 0.100. The van der Waals surface area contributed by atoms with Gasteiger partial charge in [-0.05, 0) is 54.4 Å². The molecule has 0 aliphatic rings. The van der Waals surface area contributed by atoms with Crippen molar-refractivity contribution >= 4 is 19.7 Å². The molecule has 0 bridgehead atoms. The van der Waals surface area contributed by atoms with E-state index in [-0.39, 0.29) is 14.7 Å². The molecule has 0 aromatic heterocycles. The first-order valence-corrected chi connectivity index (χ1v) is 11.3. The van der Waals surface area contributed by atoms with E-state index in [9.17, 15) is 16.8 Å². The first-order chi connectivity index (χ1) is 12.2. The van der Waals surface area contributed by atoms with Crippen molar-refractivity contribution < 1.29 is 16.8 Å². The maximum absolute atomic E-state index is 12.7. The van der Waals surface area contributed by atoms with Crippen LogP contribution < -0.4 is 0 Å². The summed E-state index contributed by atoms with van der Waals surface area (Å²) in [7, 11) is -6.80. The van der Waals surface area contributed by atoms with E-state index in [1.807, 2.05) is 6.92 Å². The predicted octanol–water partition coefficient (Wildman–Crippen LogP) is 3.90. The van der Waals surface area contributed by atoms with Crippen molar-refractivity contribution in [2.75, 3.05) is 6.26 Å². The van der Waals surface area contributed by atoms with Crippen LogP contribution >= 0.6 is 0 Å². The van der Waals surface area contributed by atoms with Crippen LogP contribution in [0.5, 0.6) is 0 Å². The molecule has 26 heavy (non-hydrogen) atoms. The van der Waals surface area contributed by atoms with Gasteiger partial charge in [-0.2, -0.15) is 0 Å². The molecular weight excluding hydrogens is 368 g/mol. The second-order valence-corrected chi connectivity index (χ2v) is 10.1. The number of hydrogen-bond donors (Lipinski definition) is 0. The summed E-state index contributed by atoms with van der Waals surface area (Å²) >= 11 is 0. The van der Waals surface area contributed by atoms with Crippen LogP contribution in [0.3, 0.4) is 0 Å². The number of rotatable bonds is 4. The average Bonchev–Trinajstić information content (AvgIpc) is 2.62. The first kappa shape index (κ1) is 18.4. The molecular formula is C20H18O4S2. The number of sulfone groups is 2. The molecule has 3 aromatic carbocycles. The first-order valence-electron chi connectivity index (χ1n) is 7.90. The van der Waals surface area contributed by atoms with Crippen molar-refractivity contribution in [3.63, 3.8) is 0 Å². The zero-order valence-electron chi connectivity index (χ0n) is 14.4. The van der Waals surface area contributed by atoms with Crippen LogP contribution in [0.2, 0.25) is 0 Å². The molecule has 4 nitrogen and oxygen atoms in total. The number of hydrogen-bond acceptors (Lipinski definition) is 4. The Labute approximate surface area is 154 Å². The van der Waals surface area contributed by atoms with Crippen molar-refractivity contribution in [1.29, 1.82) is 0 Å². The zero-order chi connectivity index (χ0) is 18.9. The van der Waals surface area contributed by atoms with E-state index in [4.69, 9.17) is 0 Å². The highest BCUT2D eigenvalue weighted by Crippen LogP contribution is 2.26. The molecule has 0 saturated carbocycles. The van der Waals surface area contributed by atoms with Gasteiger partial charge in [-0.3, -0.25) is 0 Å². The number of aryl methyl sites for hydroxylation is 1. The smallest absolute Gasteiger partial charge is 0.206 e. The van der Waals surface area contributed by atoms with Gasteiger partial charge in [0.05, 0.1) is 14.7 Å². The molecule has 0 radical (unpaired) electrons. The van der Waals surface area contributed by atoms with Crippen molar-refractivity contribution in [2.45, 2.75) is 21.6 Å². The number of benzene rings is 3. The minimum atomic E-state index is -3.56. The highest BCUT2D eigenvalue weighted by molar-refractivity contribution is 7.91. The highest BCUT2D eigenvalue weighted by atomic mass is 32.2. The van der Waals surface area contributed by atoms with Crippen LogP contribution in [0.25, 0.3) is 11.1 Å². The van der Waals surface area contributed by atoms with E-state index in [0.717, 1.165) is 22.9 Å². The molecule has 0 spiro atoms. The highest BCUT2D eigenvalue weighted by Gasteiger charge is 2.17. The molecule has 0 aliphatic heterocycles. The third-order valence-corrected chi connectivity index (χ3v) is 7.03. The van der Waals surface area contributed by atoms with E-state index in [2.05, 4.69) is 0 Å². The van der Waals surface area contributed by atoms with E-state index >= 15 is 0 Å². The Bertz CT molecular complexity index is 1130. The Balaban J connectivity index is 1.92. The molecule has 0 amide bonds. The second-order valence-electron chi connectivity index (χ2n) is 6.14. The zero-order valence-corrected chi connectivity index (χ0v) is 16.0. The molecule has 3 aromatic rings. The second kappa shape index (κ2) is 6.70. The van der Waals surface area contributed by atoms with Gasteiger partial charge >= 0.3 is 0 Å². The lowest BCUT2D eigenvalue weighted by Crippen LogP contribution is -2.01. The summed E-state index contributed by atoms with van der Waals surface area (Å²) in [6, 6.07) is 19.8. The Morgan fingerprint density at radius 2 is 0.885 bits per heavy atom. The van der Waals surface area contributed by atoms with Crippen molar-refractivity contribution in [1.82, 2.24) is 0 Å². The van der Waals surface area contributed by atoms with Crippen LogP contribution in [-0.4, -0.2) is 23.1 Å². The summed E-state index contributed by atoms with van der Waals surface area (Å²) in [5.41, 5.74) is 2.63. The fourth-order valence-corrected chi connectivity index (χ4v) is 4.47. The Hall–Kier alpha value is -2.44. The molecule has 0 aliphatic carbocycles. The van der Waals surface area contributed by atoms with E-state index in [0.29, 0.717) is 0 Å². The fourth-order valence-electron chi connectivity index (χ4n) is 2.57. The lowest BCUT2D eigenvalue weighted by Gasteiger charge is -2.07. The van der Waals surface area contributed by atoms with Gasteiger partial charge in [-0.15, -0.1) is 0 Å². The average molecular weight is 386 g/mol. The largest absolute Gasteiger partial charge is 0.224 e. The summed E-state index contributed by atoms with van der Waals surface area (Å²) in [5, 5.41) is 0. The van der Waals surface area contributed by atoms with Gasteiger partial charge in [0, 0.05) is 6.26 Å². The van der Waals surface area contributed by atoms with Crippen LogP contribution in [0.15, 0.2) is 87.5 Å². The molecule has 134 valence electrons. The van der Waals surface area contributed by atoms with Gasteiger partial charge < -0.3 is 0 Å². The molecule has 0 heterocycles. The van der Waals surface area contributed by atoms with Crippen molar-refractivity contribution in [2.24, 2.45) is 0 Å². The van der Waals surface area contributed by atoms with Gasteiger partial charge in [0.2, 0.25) is 9.84 Å². The normalized spacial score (nSPS) is 12.1. The topological polar surface area (TPSA) is 68.3 Å². The standard InChI is InChI=1S/C20H18O4S2/c1-15-3-9-19(10-4-15)26(23,24)20-13-7-17(8-14-20)16-5-11-18(12-6-16)25(2,21)22/h3-14H,1-2H3. The molecule has 0 unspecified atom stereocenters. The predicted molar refractivity (Wildman–Crippen MR) is 102 cm³/mol. The van der Waals surface area contributed by atoms with Crippen LogP contribution in [0.4, 0.5) is 0 Å². The lowest BCUT2D eigenvalue weighted by molar-refractivity contribution is 0.595. The van der Waals surface area contributed by atoms with E-state index in [1.165, 1.54) is 0 Å². The minimum absolute atomic E-state index is 0.220. The Morgan fingerprint density at radius 3 is 1.27 bits per heavy atom. The van der Waals surface area contributed by atoms with Gasteiger partial charge in [0.15, 0.2) is 9.84 Å². The van der Waals surface area contributed by atoms with Crippen molar-refractivity contribution in [3.8, 4) is 11.1 Å². The van der Waals surface area contributed by atoms with Crippen LogP contribution in [0.1, 0.15) is 5.56 Å². The van der Waals surface area contributed by atoms with E-state index < -0.39 is 19.7 Å². The van der Waals surface area contributed by atoms with Crippen LogP contribution in [0, 0.1) is 6.92 Å². The molecule has 0 saturated heterocycles. The Kier molecular flexibility index (Phi) is 4.73. The lowest BCUT2D eigenvalue weighted by atomic mass is 10.1. The Morgan fingerprint density at radius 1 is 0.538 bits per heavy atom. The third kappa shape index (κ3) is 3.71. The maximum Gasteiger partial charge on any atom is 0.206 e. The van der Waals surface area contributed by atoms with E-state index in [1.54, 1.807) is 72.8 Å². The van der Waals surface area contributed by atoms with Gasteiger partial charge in [-0.25, -0.2) is 16.8 Å². The monoisotopic (exact) mass is 386 g/mol. The summed E-state index contributed by atoms with van der Waals surface area (Å²) in [4.78, 5) is 0.728. The van der Waals surface area contributed by atoms with Crippen LogP contribution in [-0.2, 0) is 19.7 Å². The van der Waals surface area contributed by atoms with Gasteiger partial charge in [0.25, 0.3) is 0 Å². The summed E-state index contributed by atoms with van der Waals surface area (Å²) < 4.78 is 48.4. The maximum atomic E-state index is 12.7. The molecule has 3 rings (SSSR count). The minimum Gasteiger partial charge on any atom is -0.224 e. The van der Waals surface area contributed by atoms with Gasteiger partial charge in [-0.1, -0.05) is 42.0 Å². The summed E-state index contributed by atoms with van der Waals surface area (Å²) in [5.74, 6) is 0. The molecule has 0 fully saturated rings. The summed E-state index contributed by atoms with van der Waals surface area (Å²) in [6.07, 6.45) is 1.16. The SMILES string of the molecule is Cc1ccc(S(=O)(=O)c2ccc(-c3ccc(S(C)(=O)=O)cc3)cc2)cc1. The van der Waals surface area contributed by atoms with Crippen molar-refractivity contribution in [3.05, 3.63) is 78.4 Å². The quantitative estimate of drug-likeness (QED) is 0.682. The summed E-state index contributed by atoms with van der Waals surface area (Å²) in [6.45, 7) is 1.90. The van der Waals surface area contributed by atoms with Gasteiger partial charge in [0.1, 0.15) is 0 Å². The molecule has 0 N–H and O–H groups in total. The molecule has 6 heteroatoms. The third-order valence-electron chi connectivity index (χ3n) is 4.11.